The Morgan fingerprint density at radius 2 is 2.12 bits per heavy atom. The maximum absolute atomic E-state index is 12.0. The number of H-pyrrole nitrogens is 1. The second-order valence-electron chi connectivity index (χ2n) is 5.15. The predicted octanol–water partition coefficient (Wildman–Crippen LogP) is 1.28. The topological polar surface area (TPSA) is 128 Å². The van der Waals surface area contributed by atoms with Crippen LogP contribution < -0.4 is 11.0 Å². The van der Waals surface area contributed by atoms with Crippen molar-refractivity contribution in [3.8, 4) is 11.3 Å². The number of esters is 2. The van der Waals surface area contributed by atoms with Gasteiger partial charge in [-0.15, -0.1) is 0 Å². The molecule has 0 saturated heterocycles. The van der Waals surface area contributed by atoms with E-state index in [1.165, 1.54) is 24.2 Å². The van der Waals surface area contributed by atoms with Crippen LogP contribution in [-0.4, -0.2) is 45.5 Å². The van der Waals surface area contributed by atoms with Crippen LogP contribution in [0.25, 0.3) is 11.3 Å². The quantitative estimate of drug-likeness (QED) is 0.636. The summed E-state index contributed by atoms with van der Waals surface area (Å²) < 4.78 is 11.1. The Labute approximate surface area is 151 Å². The number of pyridine rings is 1. The molecule has 0 bridgehead atoms. The first-order valence-electron chi connectivity index (χ1n) is 7.54. The van der Waals surface area contributed by atoms with Crippen molar-refractivity contribution < 1.29 is 19.1 Å². The van der Waals surface area contributed by atoms with Gasteiger partial charge in [0.05, 0.1) is 25.0 Å². The van der Waals surface area contributed by atoms with E-state index in [0.717, 1.165) is 11.3 Å². The fourth-order valence-corrected chi connectivity index (χ4v) is 3.16. The van der Waals surface area contributed by atoms with Crippen molar-refractivity contribution in [1.29, 1.82) is 0 Å². The normalized spacial score (nSPS) is 10.7. The molecule has 2 aliphatic heterocycles. The SMILES string of the molecule is CCOC(=O)c1sc(Nn2cc(C(=O)OC)c3n[nH]c(=O)c-3c2)nc1C. The zero-order chi connectivity index (χ0) is 18.8. The van der Waals surface area contributed by atoms with Gasteiger partial charge < -0.3 is 9.47 Å². The highest BCUT2D eigenvalue weighted by atomic mass is 32.1. The van der Waals surface area contributed by atoms with E-state index in [1.807, 2.05) is 0 Å². The van der Waals surface area contributed by atoms with Gasteiger partial charge in [0.2, 0.25) is 5.13 Å². The predicted molar refractivity (Wildman–Crippen MR) is 92.6 cm³/mol. The van der Waals surface area contributed by atoms with Crippen molar-refractivity contribution in [2.24, 2.45) is 0 Å². The van der Waals surface area contributed by atoms with Crippen molar-refractivity contribution >= 4 is 28.4 Å². The molecule has 2 N–H and O–H groups in total. The summed E-state index contributed by atoms with van der Waals surface area (Å²) in [6.07, 6.45) is 2.89. The number of carbonyl (C=O) groups is 2. The van der Waals surface area contributed by atoms with Gasteiger partial charge in [-0.2, -0.15) is 5.10 Å². The van der Waals surface area contributed by atoms with Crippen LogP contribution in [0.15, 0.2) is 17.2 Å². The average molecular weight is 377 g/mol. The number of thiazole rings is 1. The summed E-state index contributed by atoms with van der Waals surface area (Å²) in [6.45, 7) is 3.67. The molecule has 2 aliphatic rings. The van der Waals surface area contributed by atoms with E-state index in [1.54, 1.807) is 13.8 Å². The maximum atomic E-state index is 12.0. The standard InChI is InChI=1S/C15H15N5O5S/c1-4-25-14(23)11-7(2)16-15(26-11)19-20-5-8-10(17-18-12(8)21)9(6-20)13(22)24-3/h5-6H,4H2,1-3H3,(H,16,19)(H,18,21). The minimum absolute atomic E-state index is 0.106. The van der Waals surface area contributed by atoms with Crippen LogP contribution >= 0.6 is 11.3 Å². The number of aryl methyl sites for hydroxylation is 1. The van der Waals surface area contributed by atoms with Gasteiger partial charge in [0.15, 0.2) is 0 Å². The van der Waals surface area contributed by atoms with Gasteiger partial charge in [0.25, 0.3) is 5.56 Å². The van der Waals surface area contributed by atoms with Crippen LogP contribution in [0.4, 0.5) is 5.13 Å². The highest BCUT2D eigenvalue weighted by Crippen LogP contribution is 2.25. The van der Waals surface area contributed by atoms with Gasteiger partial charge in [-0.1, -0.05) is 11.3 Å². The van der Waals surface area contributed by atoms with Crippen LogP contribution in [-0.2, 0) is 9.47 Å². The Kier molecular flexibility index (Phi) is 4.71. The Balaban J connectivity index is 1.99. The fourth-order valence-electron chi connectivity index (χ4n) is 2.30. The summed E-state index contributed by atoms with van der Waals surface area (Å²) >= 11 is 1.10. The second kappa shape index (κ2) is 6.96. The summed E-state index contributed by atoms with van der Waals surface area (Å²) in [6, 6.07) is 0. The van der Waals surface area contributed by atoms with Crippen molar-refractivity contribution in [3.05, 3.63) is 38.9 Å². The van der Waals surface area contributed by atoms with Gasteiger partial charge in [-0.3, -0.25) is 14.9 Å². The van der Waals surface area contributed by atoms with Crippen LogP contribution in [0.2, 0.25) is 0 Å². The lowest BCUT2D eigenvalue weighted by Gasteiger charge is -2.11. The third kappa shape index (κ3) is 3.16. The Hall–Kier alpha value is -3.21. The number of aromatic amines is 1. The lowest BCUT2D eigenvalue weighted by molar-refractivity contribution is 0.0529. The highest BCUT2D eigenvalue weighted by Gasteiger charge is 2.22. The molecule has 10 nitrogen and oxygen atoms in total. The van der Waals surface area contributed by atoms with Crippen LogP contribution in [0.3, 0.4) is 0 Å². The maximum Gasteiger partial charge on any atom is 0.350 e. The lowest BCUT2D eigenvalue weighted by Crippen LogP contribution is -2.16. The third-order valence-electron chi connectivity index (χ3n) is 3.45. The monoisotopic (exact) mass is 377 g/mol. The van der Waals surface area contributed by atoms with E-state index in [2.05, 4.69) is 20.6 Å². The molecule has 0 amide bonds. The molecule has 1 aromatic heterocycles. The largest absolute Gasteiger partial charge is 0.465 e. The van der Waals surface area contributed by atoms with Crippen molar-refractivity contribution in [2.45, 2.75) is 13.8 Å². The van der Waals surface area contributed by atoms with E-state index in [-0.39, 0.29) is 23.4 Å². The fraction of sp³-hybridized carbons (Fsp3) is 0.267. The van der Waals surface area contributed by atoms with E-state index in [0.29, 0.717) is 15.7 Å². The Morgan fingerprint density at radius 1 is 1.35 bits per heavy atom. The van der Waals surface area contributed by atoms with Crippen LogP contribution in [0.5, 0.6) is 0 Å². The minimum Gasteiger partial charge on any atom is -0.465 e. The number of hydrogen-bond donors (Lipinski definition) is 2. The van der Waals surface area contributed by atoms with E-state index in [9.17, 15) is 14.4 Å². The van der Waals surface area contributed by atoms with Crippen LogP contribution in [0, 0.1) is 6.92 Å². The van der Waals surface area contributed by atoms with Gasteiger partial charge in [-0.05, 0) is 13.8 Å². The molecule has 0 atom stereocenters. The zero-order valence-corrected chi connectivity index (χ0v) is 15.0. The summed E-state index contributed by atoms with van der Waals surface area (Å²) in [5, 5.41) is 6.53. The van der Waals surface area contributed by atoms with Crippen molar-refractivity contribution in [3.63, 3.8) is 0 Å². The number of methoxy groups -OCH3 is 1. The number of nitrogens with zero attached hydrogens (tertiary/aromatic N) is 3. The number of ether oxygens (including phenoxy) is 2. The van der Waals surface area contributed by atoms with Gasteiger partial charge in [-0.25, -0.2) is 19.7 Å². The smallest absolute Gasteiger partial charge is 0.350 e. The molecule has 3 rings (SSSR count). The number of fused-ring (bicyclic) bond motifs is 1. The summed E-state index contributed by atoms with van der Waals surface area (Å²) in [4.78, 5) is 40.4. The molecule has 0 spiro atoms. The summed E-state index contributed by atoms with van der Waals surface area (Å²) in [5.41, 5.74) is 3.51. The third-order valence-corrected chi connectivity index (χ3v) is 4.49. The van der Waals surface area contributed by atoms with Crippen molar-refractivity contribution in [2.75, 3.05) is 19.1 Å². The molecule has 3 heterocycles. The van der Waals surface area contributed by atoms with E-state index < -0.39 is 17.5 Å². The average Bonchev–Trinajstić information content (AvgIpc) is 3.17. The van der Waals surface area contributed by atoms with E-state index >= 15 is 0 Å². The molecule has 11 heteroatoms. The minimum atomic E-state index is -0.639. The molecule has 0 saturated carbocycles. The molecule has 26 heavy (non-hydrogen) atoms. The first kappa shape index (κ1) is 17.6. The number of rotatable bonds is 5. The second-order valence-corrected chi connectivity index (χ2v) is 6.15. The Bertz CT molecular complexity index is 1000. The lowest BCUT2D eigenvalue weighted by atomic mass is 10.1. The van der Waals surface area contributed by atoms with Gasteiger partial charge >= 0.3 is 11.9 Å². The molecule has 136 valence electrons. The summed E-state index contributed by atoms with van der Waals surface area (Å²) in [7, 11) is 1.24. The van der Waals surface area contributed by atoms with Gasteiger partial charge in [0.1, 0.15) is 16.1 Å². The molecule has 0 unspecified atom stereocenters. The number of nitrogens with one attached hydrogen (secondary N) is 2. The Morgan fingerprint density at radius 3 is 2.81 bits per heavy atom. The first-order chi connectivity index (χ1) is 12.4. The van der Waals surface area contributed by atoms with Gasteiger partial charge in [0, 0.05) is 12.4 Å². The number of anilines is 1. The van der Waals surface area contributed by atoms with Crippen molar-refractivity contribution in [1.82, 2.24) is 19.9 Å². The van der Waals surface area contributed by atoms with Crippen LogP contribution in [0.1, 0.15) is 32.6 Å². The molecular formula is C15H15N5O5S. The number of hydrogen-bond acceptors (Lipinski definition) is 9. The molecule has 1 aromatic rings. The zero-order valence-electron chi connectivity index (χ0n) is 14.2. The first-order valence-corrected chi connectivity index (χ1v) is 8.36. The number of aromatic nitrogens is 4. The highest BCUT2D eigenvalue weighted by molar-refractivity contribution is 7.17. The number of carbonyl (C=O) groups excluding carboxylic acids is 2. The molecule has 0 radical (unpaired) electrons. The molecule has 0 aromatic carbocycles. The van der Waals surface area contributed by atoms with E-state index in [4.69, 9.17) is 9.47 Å². The molecule has 0 fully saturated rings. The molecule has 0 aliphatic carbocycles. The molecular weight excluding hydrogens is 362 g/mol. The summed E-state index contributed by atoms with van der Waals surface area (Å²) in [5.74, 6) is -1.09.